The van der Waals surface area contributed by atoms with Gasteiger partial charge in [-0.05, 0) is 45.5 Å². The summed E-state index contributed by atoms with van der Waals surface area (Å²) >= 11 is 0. The number of carbonyl (C=O) groups excluding carboxylic acids is 1. The smallest absolute Gasteiger partial charge is 0.338 e. The Morgan fingerprint density at radius 3 is 2.56 bits per heavy atom. The molecule has 0 saturated carbocycles. The second-order valence-electron chi connectivity index (χ2n) is 9.61. The van der Waals surface area contributed by atoms with Crippen LogP contribution in [0.2, 0.25) is 0 Å². The Hall–Kier alpha value is -3.08. The highest BCUT2D eigenvalue weighted by atomic mass is 32.2. The number of aryl methyl sites for hydroxylation is 3. The SMILES string of the molecule is Cc1cccc(Cn2cc(CN3CC(N(C)CCOC(=O)c4cc(C)cc(C)c4)CS3(=O)=O)nn2)c1. The highest BCUT2D eigenvalue weighted by molar-refractivity contribution is 7.89. The zero-order valence-electron chi connectivity index (χ0n) is 21.2. The summed E-state index contributed by atoms with van der Waals surface area (Å²) < 4.78 is 34.2. The summed E-state index contributed by atoms with van der Waals surface area (Å²) in [7, 11) is -1.57. The number of ether oxygens (including phenoxy) is 1. The largest absolute Gasteiger partial charge is 0.461 e. The van der Waals surface area contributed by atoms with E-state index in [0.717, 1.165) is 16.7 Å². The van der Waals surface area contributed by atoms with E-state index in [1.54, 1.807) is 23.0 Å². The van der Waals surface area contributed by atoms with Crippen molar-refractivity contribution in [2.45, 2.75) is 39.9 Å². The van der Waals surface area contributed by atoms with Gasteiger partial charge >= 0.3 is 5.97 Å². The van der Waals surface area contributed by atoms with E-state index in [4.69, 9.17) is 4.74 Å². The maximum absolute atomic E-state index is 12.8. The van der Waals surface area contributed by atoms with Gasteiger partial charge in [0.15, 0.2) is 0 Å². The lowest BCUT2D eigenvalue weighted by Gasteiger charge is -2.22. The lowest BCUT2D eigenvalue weighted by Crippen LogP contribution is -2.38. The number of hydrogen-bond acceptors (Lipinski definition) is 7. The van der Waals surface area contributed by atoms with Gasteiger partial charge in [-0.15, -0.1) is 5.10 Å². The van der Waals surface area contributed by atoms with E-state index in [1.807, 2.05) is 57.0 Å². The van der Waals surface area contributed by atoms with Crippen LogP contribution in [0.3, 0.4) is 0 Å². The van der Waals surface area contributed by atoms with Gasteiger partial charge in [-0.3, -0.25) is 4.90 Å². The number of esters is 1. The monoisotopic (exact) mass is 511 g/mol. The molecule has 2 heterocycles. The Morgan fingerprint density at radius 1 is 1.08 bits per heavy atom. The summed E-state index contributed by atoms with van der Waals surface area (Å²) in [6, 6.07) is 13.6. The molecule has 1 aliphatic rings. The number of hydrogen-bond donors (Lipinski definition) is 0. The van der Waals surface area contributed by atoms with Crippen molar-refractivity contribution in [2.75, 3.05) is 32.5 Å². The lowest BCUT2D eigenvalue weighted by atomic mass is 10.1. The first-order chi connectivity index (χ1) is 17.1. The molecule has 1 saturated heterocycles. The zero-order valence-corrected chi connectivity index (χ0v) is 22.0. The van der Waals surface area contributed by atoms with Gasteiger partial charge in [-0.2, -0.15) is 4.31 Å². The molecule has 4 rings (SSSR count). The molecule has 36 heavy (non-hydrogen) atoms. The van der Waals surface area contributed by atoms with Gasteiger partial charge in [0, 0.05) is 19.1 Å². The van der Waals surface area contributed by atoms with Gasteiger partial charge in [0.05, 0.1) is 36.3 Å². The number of rotatable bonds is 9. The van der Waals surface area contributed by atoms with Crippen molar-refractivity contribution in [1.29, 1.82) is 0 Å². The highest BCUT2D eigenvalue weighted by Crippen LogP contribution is 2.20. The van der Waals surface area contributed by atoms with Gasteiger partial charge in [-0.25, -0.2) is 17.9 Å². The van der Waals surface area contributed by atoms with E-state index < -0.39 is 10.0 Å². The molecular weight excluding hydrogens is 478 g/mol. The van der Waals surface area contributed by atoms with Crippen molar-refractivity contribution in [2.24, 2.45) is 0 Å². The van der Waals surface area contributed by atoms with E-state index in [0.29, 0.717) is 30.9 Å². The van der Waals surface area contributed by atoms with Gasteiger partial charge in [-0.1, -0.05) is 52.2 Å². The minimum atomic E-state index is -3.42. The first-order valence-electron chi connectivity index (χ1n) is 12.0. The molecular formula is C26H33N5O4S. The van der Waals surface area contributed by atoms with Crippen molar-refractivity contribution in [3.63, 3.8) is 0 Å². The van der Waals surface area contributed by atoms with Gasteiger partial charge in [0.2, 0.25) is 10.0 Å². The zero-order chi connectivity index (χ0) is 25.9. The van der Waals surface area contributed by atoms with Crippen LogP contribution in [0.15, 0.2) is 48.7 Å². The average molecular weight is 512 g/mol. The Labute approximate surface area is 212 Å². The molecule has 0 N–H and O–H groups in total. The van der Waals surface area contributed by atoms with Crippen molar-refractivity contribution >= 4 is 16.0 Å². The van der Waals surface area contributed by atoms with Crippen molar-refractivity contribution in [1.82, 2.24) is 24.2 Å². The van der Waals surface area contributed by atoms with Crippen LogP contribution in [0.5, 0.6) is 0 Å². The second kappa shape index (κ2) is 10.9. The van der Waals surface area contributed by atoms with Crippen molar-refractivity contribution in [3.8, 4) is 0 Å². The highest BCUT2D eigenvalue weighted by Gasteiger charge is 2.38. The van der Waals surface area contributed by atoms with Crippen LogP contribution in [-0.2, 0) is 27.8 Å². The fraction of sp³-hybridized carbons (Fsp3) is 0.423. The molecule has 1 aliphatic heterocycles. The van der Waals surface area contributed by atoms with E-state index in [1.165, 1.54) is 9.87 Å². The third kappa shape index (κ3) is 6.57. The van der Waals surface area contributed by atoms with Crippen LogP contribution in [0.1, 0.15) is 38.3 Å². The summed E-state index contributed by atoms with van der Waals surface area (Å²) in [5.41, 5.74) is 5.43. The van der Waals surface area contributed by atoms with Crippen LogP contribution in [-0.4, -0.2) is 77.1 Å². The maximum atomic E-state index is 12.8. The predicted octanol–water partition coefficient (Wildman–Crippen LogP) is 2.55. The molecule has 1 aromatic heterocycles. The third-order valence-electron chi connectivity index (χ3n) is 6.32. The topological polar surface area (TPSA) is 97.6 Å². The molecule has 1 atom stereocenters. The Morgan fingerprint density at radius 2 is 1.83 bits per heavy atom. The van der Waals surface area contributed by atoms with E-state index >= 15 is 0 Å². The lowest BCUT2D eigenvalue weighted by molar-refractivity contribution is 0.0457. The summed E-state index contributed by atoms with van der Waals surface area (Å²) in [5.74, 6) is -0.351. The fourth-order valence-corrected chi connectivity index (χ4v) is 6.27. The Balaban J connectivity index is 1.29. The van der Waals surface area contributed by atoms with Crippen LogP contribution in [0.25, 0.3) is 0 Å². The number of carbonyl (C=O) groups is 1. The molecule has 0 radical (unpaired) electrons. The third-order valence-corrected chi connectivity index (χ3v) is 8.19. The Bertz CT molecular complexity index is 1320. The molecule has 3 aromatic rings. The second-order valence-corrected chi connectivity index (χ2v) is 11.6. The standard InChI is InChI=1S/C26H33N5O4S/c1-19-6-5-7-22(11-19)14-30-15-24(27-28-30)16-31-17-25(18-36(31,33)34)29(4)8-9-35-26(32)23-12-20(2)10-21(3)13-23/h5-7,10-13,15,25H,8-9,14,16-18H2,1-4H3. The molecule has 9 nitrogen and oxygen atoms in total. The van der Waals surface area contributed by atoms with E-state index in [9.17, 15) is 13.2 Å². The summed E-state index contributed by atoms with van der Waals surface area (Å²) in [6.07, 6.45) is 1.79. The first kappa shape index (κ1) is 26.0. The number of benzene rings is 2. The molecule has 1 unspecified atom stereocenters. The Kier molecular flexibility index (Phi) is 7.87. The van der Waals surface area contributed by atoms with Crippen LogP contribution >= 0.6 is 0 Å². The minimum absolute atomic E-state index is 0.0198. The quantitative estimate of drug-likeness (QED) is 0.407. The first-order valence-corrected chi connectivity index (χ1v) is 13.6. The number of nitrogens with zero attached hydrogens (tertiary/aromatic N) is 5. The number of aromatic nitrogens is 3. The number of sulfonamides is 1. The molecule has 0 spiro atoms. The van der Waals surface area contributed by atoms with Crippen LogP contribution < -0.4 is 0 Å². The van der Waals surface area contributed by atoms with Crippen LogP contribution in [0.4, 0.5) is 0 Å². The van der Waals surface area contributed by atoms with E-state index in [2.05, 4.69) is 16.4 Å². The summed E-state index contributed by atoms with van der Waals surface area (Å²) in [5, 5.41) is 8.34. The van der Waals surface area contributed by atoms with Crippen molar-refractivity contribution in [3.05, 3.63) is 82.2 Å². The van der Waals surface area contributed by atoms with E-state index in [-0.39, 0.29) is 30.9 Å². The minimum Gasteiger partial charge on any atom is -0.461 e. The molecule has 2 aromatic carbocycles. The molecule has 0 bridgehead atoms. The summed E-state index contributed by atoms with van der Waals surface area (Å²) in [6.45, 7) is 7.66. The average Bonchev–Trinajstić information content (AvgIpc) is 3.36. The van der Waals surface area contributed by atoms with Gasteiger partial charge < -0.3 is 4.74 Å². The molecule has 192 valence electrons. The normalized spacial score (nSPS) is 17.5. The molecule has 0 amide bonds. The summed E-state index contributed by atoms with van der Waals surface area (Å²) in [4.78, 5) is 14.3. The van der Waals surface area contributed by atoms with Gasteiger partial charge in [0.25, 0.3) is 0 Å². The van der Waals surface area contributed by atoms with Crippen molar-refractivity contribution < 1.29 is 17.9 Å². The fourth-order valence-electron chi connectivity index (χ4n) is 4.49. The molecule has 10 heteroatoms. The number of likely N-dealkylation sites (N-methyl/N-ethyl adjacent to an activating group) is 1. The van der Waals surface area contributed by atoms with Gasteiger partial charge in [0.1, 0.15) is 6.61 Å². The molecule has 1 fully saturated rings. The predicted molar refractivity (Wildman–Crippen MR) is 137 cm³/mol. The molecule has 0 aliphatic carbocycles. The van der Waals surface area contributed by atoms with Crippen LogP contribution in [0, 0.1) is 20.8 Å². The maximum Gasteiger partial charge on any atom is 0.338 e.